The summed E-state index contributed by atoms with van der Waals surface area (Å²) in [7, 11) is 0. The molecule has 0 fully saturated rings. The zero-order chi connectivity index (χ0) is 22.7. The molecule has 2 aromatic heterocycles. The Balaban J connectivity index is 1.50. The standard InChI is InChI=1S/C26H23BrN4O/c1-17-13-20(18(2)31(17)25-10-6-4-8-23(25)27)14-21(15-28)26(32)29-12-11-19-16-30-24-9-5-3-7-22(19)24/h3-10,13-14,16,30H,11-12H2,1-2H3,(H,29,32)/b21-14-. The van der Waals surface area contributed by atoms with Crippen molar-refractivity contribution >= 4 is 38.8 Å². The van der Waals surface area contributed by atoms with E-state index in [1.165, 1.54) is 0 Å². The molecule has 0 unspecified atom stereocenters. The van der Waals surface area contributed by atoms with E-state index in [1.807, 2.05) is 68.6 Å². The van der Waals surface area contributed by atoms with Gasteiger partial charge in [-0.3, -0.25) is 4.79 Å². The minimum Gasteiger partial charge on any atom is -0.361 e. The number of nitriles is 1. The van der Waals surface area contributed by atoms with Crippen molar-refractivity contribution in [2.75, 3.05) is 6.54 Å². The molecule has 0 atom stereocenters. The average molecular weight is 487 g/mol. The number of nitrogens with one attached hydrogen (secondary N) is 2. The highest BCUT2D eigenvalue weighted by molar-refractivity contribution is 9.10. The molecule has 4 rings (SSSR count). The van der Waals surface area contributed by atoms with Crippen LogP contribution in [0.5, 0.6) is 0 Å². The Hall–Kier alpha value is -3.56. The average Bonchev–Trinajstić information content (AvgIpc) is 3.32. The van der Waals surface area contributed by atoms with Gasteiger partial charge in [0, 0.05) is 39.5 Å². The lowest BCUT2D eigenvalue weighted by atomic mass is 10.1. The number of benzene rings is 2. The lowest BCUT2D eigenvalue weighted by molar-refractivity contribution is -0.117. The Morgan fingerprint density at radius 3 is 2.72 bits per heavy atom. The topological polar surface area (TPSA) is 73.6 Å². The Kier molecular flexibility index (Phi) is 6.29. The number of hydrogen-bond acceptors (Lipinski definition) is 2. The van der Waals surface area contributed by atoms with Crippen molar-refractivity contribution < 1.29 is 4.79 Å². The quantitative estimate of drug-likeness (QED) is 0.274. The highest BCUT2D eigenvalue weighted by Crippen LogP contribution is 2.27. The molecule has 0 radical (unpaired) electrons. The number of H-pyrrole nitrogens is 1. The first-order chi connectivity index (χ1) is 15.5. The molecule has 0 aliphatic carbocycles. The summed E-state index contributed by atoms with van der Waals surface area (Å²) in [6.07, 6.45) is 4.32. The molecule has 6 heteroatoms. The number of aromatic nitrogens is 2. The smallest absolute Gasteiger partial charge is 0.261 e. The minimum atomic E-state index is -0.363. The summed E-state index contributed by atoms with van der Waals surface area (Å²) >= 11 is 3.60. The van der Waals surface area contributed by atoms with Gasteiger partial charge in [0.2, 0.25) is 0 Å². The van der Waals surface area contributed by atoms with Crippen LogP contribution in [-0.2, 0) is 11.2 Å². The van der Waals surface area contributed by atoms with Crippen LogP contribution < -0.4 is 5.32 Å². The first-order valence-corrected chi connectivity index (χ1v) is 11.2. The molecule has 0 saturated heterocycles. The first kappa shape index (κ1) is 21.7. The van der Waals surface area contributed by atoms with Crippen molar-refractivity contribution in [1.82, 2.24) is 14.9 Å². The monoisotopic (exact) mass is 486 g/mol. The molecule has 2 N–H and O–H groups in total. The summed E-state index contributed by atoms with van der Waals surface area (Å²) in [4.78, 5) is 15.9. The van der Waals surface area contributed by atoms with Gasteiger partial charge in [-0.15, -0.1) is 0 Å². The van der Waals surface area contributed by atoms with Crippen LogP contribution in [-0.4, -0.2) is 22.0 Å². The van der Waals surface area contributed by atoms with Gasteiger partial charge in [0.15, 0.2) is 0 Å². The van der Waals surface area contributed by atoms with E-state index in [4.69, 9.17) is 0 Å². The van der Waals surface area contributed by atoms with E-state index in [0.717, 1.165) is 43.6 Å². The van der Waals surface area contributed by atoms with E-state index in [0.29, 0.717) is 13.0 Å². The predicted molar refractivity (Wildman–Crippen MR) is 132 cm³/mol. The van der Waals surface area contributed by atoms with Gasteiger partial charge in [-0.05, 0) is 77.7 Å². The Labute approximate surface area is 195 Å². The Morgan fingerprint density at radius 2 is 1.94 bits per heavy atom. The molecule has 0 aliphatic heterocycles. The maximum atomic E-state index is 12.7. The fraction of sp³-hybridized carbons (Fsp3) is 0.154. The van der Waals surface area contributed by atoms with E-state index < -0.39 is 0 Å². The van der Waals surface area contributed by atoms with Gasteiger partial charge in [0.05, 0.1) is 5.69 Å². The SMILES string of the molecule is Cc1cc(/C=C(/C#N)C(=O)NCCc2c[nH]c3ccccc23)c(C)n1-c1ccccc1Br. The number of carbonyl (C=O) groups excluding carboxylic acids is 1. The zero-order valence-corrected chi connectivity index (χ0v) is 19.5. The van der Waals surface area contributed by atoms with Gasteiger partial charge >= 0.3 is 0 Å². The fourth-order valence-electron chi connectivity index (χ4n) is 3.99. The molecule has 0 aliphatic rings. The lowest BCUT2D eigenvalue weighted by Gasteiger charge is -2.11. The van der Waals surface area contributed by atoms with E-state index in [-0.39, 0.29) is 11.5 Å². The van der Waals surface area contributed by atoms with Gasteiger partial charge < -0.3 is 14.9 Å². The number of halogens is 1. The van der Waals surface area contributed by atoms with Crippen molar-refractivity contribution in [3.8, 4) is 11.8 Å². The van der Waals surface area contributed by atoms with Crippen LogP contribution in [0, 0.1) is 25.2 Å². The third-order valence-corrected chi connectivity index (χ3v) is 6.25. The summed E-state index contributed by atoms with van der Waals surface area (Å²) in [5.41, 5.74) is 6.17. The first-order valence-electron chi connectivity index (χ1n) is 10.4. The third-order valence-electron chi connectivity index (χ3n) is 5.58. The maximum absolute atomic E-state index is 12.7. The second kappa shape index (κ2) is 9.29. The van der Waals surface area contributed by atoms with E-state index >= 15 is 0 Å². The second-order valence-electron chi connectivity index (χ2n) is 7.65. The fourth-order valence-corrected chi connectivity index (χ4v) is 4.45. The van der Waals surface area contributed by atoms with Crippen molar-refractivity contribution in [2.45, 2.75) is 20.3 Å². The predicted octanol–water partition coefficient (Wildman–Crippen LogP) is 5.60. The number of para-hydroxylation sites is 2. The number of amides is 1. The van der Waals surface area contributed by atoms with Crippen molar-refractivity contribution in [3.05, 3.63) is 93.4 Å². The lowest BCUT2D eigenvalue weighted by Crippen LogP contribution is -2.26. The molecule has 2 heterocycles. The number of nitrogens with zero attached hydrogens (tertiary/aromatic N) is 2. The number of aryl methyl sites for hydroxylation is 1. The molecule has 4 aromatic rings. The van der Waals surface area contributed by atoms with Crippen LogP contribution >= 0.6 is 15.9 Å². The van der Waals surface area contributed by atoms with Crippen molar-refractivity contribution in [2.24, 2.45) is 0 Å². The summed E-state index contributed by atoms with van der Waals surface area (Å²) in [6, 6.07) is 20.1. The van der Waals surface area contributed by atoms with E-state index in [1.54, 1.807) is 6.08 Å². The number of aromatic amines is 1. The molecular weight excluding hydrogens is 464 g/mol. The Morgan fingerprint density at radius 1 is 1.19 bits per heavy atom. The van der Waals surface area contributed by atoms with Gasteiger partial charge in [-0.1, -0.05) is 30.3 Å². The van der Waals surface area contributed by atoms with Crippen molar-refractivity contribution in [1.29, 1.82) is 5.26 Å². The molecular formula is C26H23BrN4O. The second-order valence-corrected chi connectivity index (χ2v) is 8.50. The summed E-state index contributed by atoms with van der Waals surface area (Å²) in [5, 5.41) is 13.6. The van der Waals surface area contributed by atoms with Gasteiger partial charge in [0.1, 0.15) is 11.6 Å². The number of fused-ring (bicyclic) bond motifs is 1. The van der Waals surface area contributed by atoms with E-state index in [9.17, 15) is 10.1 Å². The van der Waals surface area contributed by atoms with E-state index in [2.05, 4.69) is 42.9 Å². The normalized spacial score (nSPS) is 11.5. The summed E-state index contributed by atoms with van der Waals surface area (Å²) in [5.74, 6) is -0.363. The molecule has 5 nitrogen and oxygen atoms in total. The maximum Gasteiger partial charge on any atom is 0.261 e. The molecule has 2 aromatic carbocycles. The molecule has 160 valence electrons. The highest BCUT2D eigenvalue weighted by atomic mass is 79.9. The zero-order valence-electron chi connectivity index (χ0n) is 17.9. The van der Waals surface area contributed by atoms with Crippen LogP contribution in [0.2, 0.25) is 0 Å². The number of hydrogen-bond donors (Lipinski definition) is 2. The summed E-state index contributed by atoms with van der Waals surface area (Å²) in [6.45, 7) is 4.45. The van der Waals surface area contributed by atoms with Crippen LogP contribution in [0.15, 0.2) is 70.8 Å². The van der Waals surface area contributed by atoms with Gasteiger partial charge in [0.25, 0.3) is 5.91 Å². The molecule has 32 heavy (non-hydrogen) atoms. The van der Waals surface area contributed by atoms with Gasteiger partial charge in [-0.25, -0.2) is 0 Å². The molecule has 0 spiro atoms. The Bertz CT molecular complexity index is 1370. The van der Waals surface area contributed by atoms with Crippen LogP contribution in [0.3, 0.4) is 0 Å². The number of carbonyl (C=O) groups is 1. The van der Waals surface area contributed by atoms with Crippen molar-refractivity contribution in [3.63, 3.8) is 0 Å². The molecule has 0 bridgehead atoms. The third kappa shape index (κ3) is 4.25. The highest BCUT2D eigenvalue weighted by Gasteiger charge is 2.15. The minimum absolute atomic E-state index is 0.0938. The summed E-state index contributed by atoms with van der Waals surface area (Å²) < 4.78 is 3.09. The van der Waals surface area contributed by atoms with Crippen LogP contribution in [0.1, 0.15) is 22.5 Å². The van der Waals surface area contributed by atoms with Gasteiger partial charge in [-0.2, -0.15) is 5.26 Å². The number of rotatable bonds is 6. The molecule has 1 amide bonds. The molecule has 0 saturated carbocycles. The van der Waals surface area contributed by atoms with Crippen LogP contribution in [0.25, 0.3) is 22.7 Å². The largest absolute Gasteiger partial charge is 0.361 e. The van der Waals surface area contributed by atoms with Crippen LogP contribution in [0.4, 0.5) is 0 Å².